The summed E-state index contributed by atoms with van der Waals surface area (Å²) in [7, 11) is 0. The molecule has 0 saturated carbocycles. The molecule has 0 spiro atoms. The number of anilines is 1. The van der Waals surface area contributed by atoms with E-state index in [1.54, 1.807) is 6.21 Å². The number of hydrazone groups is 1. The van der Waals surface area contributed by atoms with Gasteiger partial charge >= 0.3 is 0 Å². The van der Waals surface area contributed by atoms with Gasteiger partial charge in [0.1, 0.15) is 6.04 Å². The van der Waals surface area contributed by atoms with Crippen LogP contribution in [0, 0.1) is 0 Å². The lowest BCUT2D eigenvalue weighted by atomic mass is 10.1. The Balaban J connectivity index is 1.38. The van der Waals surface area contributed by atoms with Crippen molar-refractivity contribution < 1.29 is 4.79 Å². The maximum absolute atomic E-state index is 12.3. The molecule has 4 nitrogen and oxygen atoms in total. The Morgan fingerprint density at radius 1 is 0.821 bits per heavy atom. The SMILES string of the molecule is CC(Nc1ccc2ccccc2c1)C(=O)N/N=C/c1ccc2ccccc2c1. The monoisotopic (exact) mass is 367 g/mol. The summed E-state index contributed by atoms with van der Waals surface area (Å²) in [6.07, 6.45) is 1.66. The van der Waals surface area contributed by atoms with Crippen LogP contribution in [0.3, 0.4) is 0 Å². The average Bonchev–Trinajstić information content (AvgIpc) is 2.73. The maximum atomic E-state index is 12.3. The molecular formula is C24H21N3O. The van der Waals surface area contributed by atoms with Crippen molar-refractivity contribution in [2.45, 2.75) is 13.0 Å². The molecule has 4 aromatic rings. The highest BCUT2D eigenvalue weighted by atomic mass is 16.2. The van der Waals surface area contributed by atoms with Gasteiger partial charge in [-0.3, -0.25) is 4.79 Å². The molecule has 28 heavy (non-hydrogen) atoms. The summed E-state index contributed by atoms with van der Waals surface area (Å²) in [4.78, 5) is 12.3. The van der Waals surface area contributed by atoms with Crippen LogP contribution in [0.15, 0.2) is 90.0 Å². The normalized spacial score (nSPS) is 12.3. The first kappa shape index (κ1) is 17.7. The molecule has 0 aliphatic heterocycles. The number of hydrogen-bond acceptors (Lipinski definition) is 3. The van der Waals surface area contributed by atoms with Gasteiger partial charge in [0.15, 0.2) is 0 Å². The Morgan fingerprint density at radius 2 is 1.43 bits per heavy atom. The minimum absolute atomic E-state index is 0.190. The van der Waals surface area contributed by atoms with Gasteiger partial charge in [-0.2, -0.15) is 5.10 Å². The summed E-state index contributed by atoms with van der Waals surface area (Å²) >= 11 is 0. The van der Waals surface area contributed by atoms with Gasteiger partial charge in [0, 0.05) is 5.69 Å². The zero-order valence-corrected chi connectivity index (χ0v) is 15.6. The molecule has 0 aliphatic rings. The highest BCUT2D eigenvalue weighted by Gasteiger charge is 2.11. The summed E-state index contributed by atoms with van der Waals surface area (Å²) in [6.45, 7) is 1.82. The average molecular weight is 367 g/mol. The summed E-state index contributed by atoms with van der Waals surface area (Å²) in [5.41, 5.74) is 4.45. The number of benzene rings is 4. The van der Waals surface area contributed by atoms with Crippen molar-refractivity contribution in [3.63, 3.8) is 0 Å². The lowest BCUT2D eigenvalue weighted by Crippen LogP contribution is -2.34. The third-order valence-electron chi connectivity index (χ3n) is 4.69. The highest BCUT2D eigenvalue weighted by Crippen LogP contribution is 2.19. The number of fused-ring (bicyclic) bond motifs is 2. The highest BCUT2D eigenvalue weighted by molar-refractivity contribution is 5.92. The molecule has 4 heteroatoms. The van der Waals surface area contributed by atoms with Crippen LogP contribution in [0.5, 0.6) is 0 Å². The molecule has 4 aromatic carbocycles. The molecule has 0 heterocycles. The van der Waals surface area contributed by atoms with Gasteiger partial charge in [0.05, 0.1) is 6.21 Å². The van der Waals surface area contributed by atoms with Crippen LogP contribution in [0.4, 0.5) is 5.69 Å². The fourth-order valence-corrected chi connectivity index (χ4v) is 3.15. The molecule has 1 atom stereocenters. The van der Waals surface area contributed by atoms with E-state index in [0.29, 0.717) is 0 Å². The van der Waals surface area contributed by atoms with Crippen molar-refractivity contribution in [3.8, 4) is 0 Å². The van der Waals surface area contributed by atoms with Crippen LogP contribution in [-0.4, -0.2) is 18.2 Å². The molecule has 0 radical (unpaired) electrons. The van der Waals surface area contributed by atoms with E-state index in [-0.39, 0.29) is 5.91 Å². The van der Waals surface area contributed by atoms with E-state index < -0.39 is 6.04 Å². The largest absolute Gasteiger partial charge is 0.374 e. The topological polar surface area (TPSA) is 53.5 Å². The second-order valence-electron chi connectivity index (χ2n) is 6.77. The molecule has 138 valence electrons. The quantitative estimate of drug-likeness (QED) is 0.388. The summed E-state index contributed by atoms with van der Waals surface area (Å²) in [6, 6.07) is 28.0. The summed E-state index contributed by atoms with van der Waals surface area (Å²) in [5, 5.41) is 11.9. The first-order chi connectivity index (χ1) is 13.7. The fraction of sp³-hybridized carbons (Fsp3) is 0.0833. The van der Waals surface area contributed by atoms with Gasteiger partial charge in [-0.1, -0.05) is 66.7 Å². The van der Waals surface area contributed by atoms with Crippen LogP contribution in [-0.2, 0) is 4.79 Å². The van der Waals surface area contributed by atoms with Crippen LogP contribution >= 0.6 is 0 Å². The summed E-state index contributed by atoms with van der Waals surface area (Å²) in [5.74, 6) is -0.190. The minimum Gasteiger partial charge on any atom is -0.374 e. The Labute approximate surface area is 163 Å². The molecule has 2 N–H and O–H groups in total. The zero-order valence-electron chi connectivity index (χ0n) is 15.6. The van der Waals surface area contributed by atoms with E-state index >= 15 is 0 Å². The van der Waals surface area contributed by atoms with Crippen molar-refractivity contribution in [1.82, 2.24) is 5.43 Å². The molecule has 0 aromatic heterocycles. The van der Waals surface area contributed by atoms with Crippen molar-refractivity contribution in [2.75, 3.05) is 5.32 Å². The van der Waals surface area contributed by atoms with Gasteiger partial charge in [0.25, 0.3) is 5.91 Å². The van der Waals surface area contributed by atoms with E-state index in [1.165, 1.54) is 10.8 Å². The number of amides is 1. The number of carbonyl (C=O) groups is 1. The Morgan fingerprint density at radius 3 is 2.14 bits per heavy atom. The molecule has 1 unspecified atom stereocenters. The predicted molar refractivity (Wildman–Crippen MR) is 117 cm³/mol. The van der Waals surface area contributed by atoms with Crippen LogP contribution in [0.1, 0.15) is 12.5 Å². The first-order valence-corrected chi connectivity index (χ1v) is 9.26. The van der Waals surface area contributed by atoms with Crippen LogP contribution in [0.25, 0.3) is 21.5 Å². The lowest BCUT2D eigenvalue weighted by Gasteiger charge is -2.14. The van der Waals surface area contributed by atoms with Crippen molar-refractivity contribution in [1.29, 1.82) is 0 Å². The Hall–Kier alpha value is -3.66. The van der Waals surface area contributed by atoms with Crippen LogP contribution < -0.4 is 10.7 Å². The number of nitrogens with zero attached hydrogens (tertiary/aromatic N) is 1. The van der Waals surface area contributed by atoms with E-state index in [9.17, 15) is 4.79 Å². The third-order valence-corrected chi connectivity index (χ3v) is 4.69. The summed E-state index contributed by atoms with van der Waals surface area (Å²) < 4.78 is 0. The Kier molecular flexibility index (Phi) is 5.02. The number of hydrogen-bond donors (Lipinski definition) is 2. The van der Waals surface area contributed by atoms with Gasteiger partial charge < -0.3 is 5.32 Å². The van der Waals surface area contributed by atoms with Crippen LogP contribution in [0.2, 0.25) is 0 Å². The van der Waals surface area contributed by atoms with Crippen molar-refractivity contribution in [2.24, 2.45) is 5.10 Å². The van der Waals surface area contributed by atoms with E-state index in [0.717, 1.165) is 22.0 Å². The van der Waals surface area contributed by atoms with E-state index in [1.807, 2.05) is 67.6 Å². The number of rotatable bonds is 5. The third kappa shape index (κ3) is 4.01. The fourth-order valence-electron chi connectivity index (χ4n) is 3.15. The first-order valence-electron chi connectivity index (χ1n) is 9.26. The molecule has 0 bridgehead atoms. The zero-order chi connectivity index (χ0) is 19.3. The predicted octanol–water partition coefficient (Wildman–Crippen LogP) is 4.94. The van der Waals surface area contributed by atoms with Gasteiger partial charge in [-0.05, 0) is 52.2 Å². The minimum atomic E-state index is -0.407. The molecule has 0 fully saturated rings. The Bertz CT molecular complexity index is 1170. The molecule has 4 rings (SSSR count). The van der Waals surface area contributed by atoms with Crippen molar-refractivity contribution in [3.05, 3.63) is 90.5 Å². The second-order valence-corrected chi connectivity index (χ2v) is 6.77. The lowest BCUT2D eigenvalue weighted by molar-refractivity contribution is -0.121. The van der Waals surface area contributed by atoms with E-state index in [2.05, 4.69) is 40.1 Å². The second kappa shape index (κ2) is 7.92. The van der Waals surface area contributed by atoms with Crippen molar-refractivity contribution >= 4 is 39.4 Å². The van der Waals surface area contributed by atoms with Gasteiger partial charge in [-0.15, -0.1) is 0 Å². The standard InChI is InChI=1S/C24H21N3O/c1-17(26-23-13-12-20-7-3-5-9-22(20)15-23)24(28)27-25-16-18-10-11-19-6-2-4-8-21(19)14-18/h2-17,26H,1H3,(H,27,28)/b25-16+. The maximum Gasteiger partial charge on any atom is 0.262 e. The van der Waals surface area contributed by atoms with E-state index in [4.69, 9.17) is 0 Å². The van der Waals surface area contributed by atoms with Gasteiger partial charge in [-0.25, -0.2) is 5.43 Å². The smallest absolute Gasteiger partial charge is 0.262 e. The molecule has 1 amide bonds. The van der Waals surface area contributed by atoms with Gasteiger partial charge in [0.2, 0.25) is 0 Å². The molecule has 0 aliphatic carbocycles. The molecule has 0 saturated heterocycles. The number of nitrogens with one attached hydrogen (secondary N) is 2. The number of carbonyl (C=O) groups excluding carboxylic acids is 1. The molecular weight excluding hydrogens is 346 g/mol.